The van der Waals surface area contributed by atoms with Gasteiger partial charge in [0.2, 0.25) is 0 Å². The second-order valence-electron chi connectivity index (χ2n) is 21.3. The van der Waals surface area contributed by atoms with E-state index in [0.717, 1.165) is 64.2 Å². The summed E-state index contributed by atoms with van der Waals surface area (Å²) in [6.45, 7) is 6.65. The maximum Gasteiger partial charge on any atom is 0.306 e. The molecule has 0 saturated carbocycles. The Kier molecular flexibility index (Phi) is 57.1. The van der Waals surface area contributed by atoms with Crippen molar-refractivity contribution < 1.29 is 28.6 Å². The molecule has 0 aliphatic rings. The third-order valence-electron chi connectivity index (χ3n) is 14.3. The molecule has 0 aliphatic heterocycles. The molecule has 69 heavy (non-hydrogen) atoms. The lowest BCUT2D eigenvalue weighted by molar-refractivity contribution is -0.167. The molecule has 0 rings (SSSR count). The molecule has 0 spiro atoms. The van der Waals surface area contributed by atoms with Crippen LogP contribution in [0.25, 0.3) is 0 Å². The van der Waals surface area contributed by atoms with Crippen LogP contribution in [-0.2, 0) is 28.6 Å². The van der Waals surface area contributed by atoms with Crippen LogP contribution in [-0.4, -0.2) is 37.2 Å². The van der Waals surface area contributed by atoms with Gasteiger partial charge >= 0.3 is 17.9 Å². The van der Waals surface area contributed by atoms with Gasteiger partial charge in [0.1, 0.15) is 13.2 Å². The Morgan fingerprint density at radius 1 is 0.275 bits per heavy atom. The van der Waals surface area contributed by atoms with Gasteiger partial charge in [-0.05, 0) is 44.9 Å². The summed E-state index contributed by atoms with van der Waals surface area (Å²) in [6.07, 6.45) is 68.3. The van der Waals surface area contributed by atoms with Crippen LogP contribution >= 0.6 is 0 Å². The molecular weight excluding hydrogens is 853 g/mol. The van der Waals surface area contributed by atoms with Gasteiger partial charge in [-0.2, -0.15) is 0 Å². The van der Waals surface area contributed by atoms with Crippen molar-refractivity contribution in [3.8, 4) is 0 Å². The second kappa shape index (κ2) is 58.7. The number of allylic oxidation sites excluding steroid dienone is 2. The minimum absolute atomic E-state index is 0.0682. The molecule has 0 amide bonds. The maximum absolute atomic E-state index is 12.8. The SMILES string of the molecule is CCCCCCCCC/C=C\CCCCCCCC(=O)OC(COC(=O)CCCCCCCCC)COC(=O)CCCCCCCCCCCCCCCCCCCCCCCCCCCCCC. The smallest absolute Gasteiger partial charge is 0.306 e. The third-order valence-corrected chi connectivity index (χ3v) is 14.3. The van der Waals surface area contributed by atoms with Crippen LogP contribution in [0.15, 0.2) is 12.2 Å². The summed E-state index contributed by atoms with van der Waals surface area (Å²) in [5.41, 5.74) is 0. The number of ether oxygens (including phenoxy) is 3. The molecule has 1 atom stereocenters. The first-order valence-electron chi connectivity index (χ1n) is 31.2. The number of hydrogen-bond acceptors (Lipinski definition) is 6. The van der Waals surface area contributed by atoms with Gasteiger partial charge in [-0.15, -0.1) is 0 Å². The molecule has 0 radical (unpaired) electrons. The number of unbranched alkanes of at least 4 members (excludes halogenated alkanes) is 45. The van der Waals surface area contributed by atoms with Crippen LogP contribution < -0.4 is 0 Å². The summed E-state index contributed by atoms with van der Waals surface area (Å²) in [4.78, 5) is 38.0. The summed E-state index contributed by atoms with van der Waals surface area (Å²) in [5, 5.41) is 0. The zero-order valence-electron chi connectivity index (χ0n) is 46.9. The summed E-state index contributed by atoms with van der Waals surface area (Å²) < 4.78 is 16.8. The van der Waals surface area contributed by atoms with Gasteiger partial charge < -0.3 is 14.2 Å². The number of carbonyl (C=O) groups excluding carboxylic acids is 3. The summed E-state index contributed by atoms with van der Waals surface area (Å²) in [7, 11) is 0. The van der Waals surface area contributed by atoms with Crippen LogP contribution in [0.2, 0.25) is 0 Å². The molecule has 0 saturated heterocycles. The van der Waals surface area contributed by atoms with E-state index in [9.17, 15) is 14.4 Å². The topological polar surface area (TPSA) is 78.9 Å². The minimum Gasteiger partial charge on any atom is -0.462 e. The van der Waals surface area contributed by atoms with E-state index in [1.54, 1.807) is 0 Å². The quantitative estimate of drug-likeness (QED) is 0.0261. The summed E-state index contributed by atoms with van der Waals surface area (Å²) >= 11 is 0. The normalized spacial score (nSPS) is 12.0. The van der Waals surface area contributed by atoms with Gasteiger partial charge in [0.25, 0.3) is 0 Å². The van der Waals surface area contributed by atoms with E-state index < -0.39 is 6.10 Å². The zero-order valence-corrected chi connectivity index (χ0v) is 46.9. The molecule has 0 heterocycles. The van der Waals surface area contributed by atoms with E-state index in [-0.39, 0.29) is 31.1 Å². The average molecular weight is 974 g/mol. The Hall–Kier alpha value is -1.85. The molecule has 0 aliphatic carbocycles. The Labute approximate surface area is 431 Å². The fourth-order valence-corrected chi connectivity index (χ4v) is 9.56. The lowest BCUT2D eigenvalue weighted by Crippen LogP contribution is -2.30. The predicted octanol–water partition coefficient (Wildman–Crippen LogP) is 20.9. The first kappa shape index (κ1) is 67.1. The van der Waals surface area contributed by atoms with Gasteiger partial charge in [-0.25, -0.2) is 0 Å². The number of rotatable bonds is 58. The molecule has 0 aromatic rings. The molecular formula is C63H120O6. The molecule has 0 fully saturated rings. The third kappa shape index (κ3) is 56.9. The summed E-state index contributed by atoms with van der Waals surface area (Å²) in [5.74, 6) is -0.861. The van der Waals surface area contributed by atoms with Crippen LogP contribution in [0.5, 0.6) is 0 Å². The fraction of sp³-hybridized carbons (Fsp3) is 0.921. The summed E-state index contributed by atoms with van der Waals surface area (Å²) in [6, 6.07) is 0. The van der Waals surface area contributed by atoms with Crippen molar-refractivity contribution in [1.29, 1.82) is 0 Å². The highest BCUT2D eigenvalue weighted by atomic mass is 16.6. The lowest BCUT2D eigenvalue weighted by atomic mass is 10.0. The van der Waals surface area contributed by atoms with Crippen LogP contribution in [0.3, 0.4) is 0 Å². The zero-order chi connectivity index (χ0) is 50.0. The van der Waals surface area contributed by atoms with E-state index in [4.69, 9.17) is 14.2 Å². The molecule has 1 unspecified atom stereocenters. The standard InChI is InChI=1S/C63H120O6/c1-4-7-10-13-16-18-20-22-24-26-27-28-29-30-31-32-33-34-35-36-37-39-40-42-44-47-50-53-56-62(65)68-59-60(58-67-61(64)55-52-49-46-15-12-9-6-3)69-63(66)57-54-51-48-45-43-41-38-25-23-21-19-17-14-11-8-5-2/h25,38,60H,4-24,26-37,39-59H2,1-3H3/b38-25-. The highest BCUT2D eigenvalue weighted by molar-refractivity contribution is 5.71. The van der Waals surface area contributed by atoms with Crippen molar-refractivity contribution in [3.05, 3.63) is 12.2 Å². The minimum atomic E-state index is -0.768. The monoisotopic (exact) mass is 973 g/mol. The van der Waals surface area contributed by atoms with Crippen molar-refractivity contribution in [2.24, 2.45) is 0 Å². The van der Waals surface area contributed by atoms with Crippen molar-refractivity contribution in [2.75, 3.05) is 13.2 Å². The van der Waals surface area contributed by atoms with Gasteiger partial charge in [0.15, 0.2) is 6.10 Å². The van der Waals surface area contributed by atoms with Gasteiger partial charge in [0, 0.05) is 19.3 Å². The van der Waals surface area contributed by atoms with Crippen LogP contribution in [0.4, 0.5) is 0 Å². The van der Waals surface area contributed by atoms with E-state index in [1.165, 1.54) is 250 Å². The first-order chi connectivity index (χ1) is 34.0. The fourth-order valence-electron chi connectivity index (χ4n) is 9.56. The molecule has 0 bridgehead atoms. The highest BCUT2D eigenvalue weighted by Crippen LogP contribution is 2.18. The van der Waals surface area contributed by atoms with E-state index in [1.807, 2.05) is 0 Å². The van der Waals surface area contributed by atoms with Crippen molar-refractivity contribution in [2.45, 2.75) is 361 Å². The first-order valence-corrected chi connectivity index (χ1v) is 31.2. The molecule has 6 heteroatoms. The Morgan fingerprint density at radius 3 is 0.725 bits per heavy atom. The van der Waals surface area contributed by atoms with E-state index in [0.29, 0.717) is 19.3 Å². The molecule has 408 valence electrons. The average Bonchev–Trinajstić information content (AvgIpc) is 3.35. The number of carbonyl (C=O) groups is 3. The van der Waals surface area contributed by atoms with E-state index in [2.05, 4.69) is 32.9 Å². The Bertz CT molecular complexity index is 1070. The van der Waals surface area contributed by atoms with Gasteiger partial charge in [0.05, 0.1) is 0 Å². The Balaban J connectivity index is 4.01. The Morgan fingerprint density at radius 2 is 0.478 bits per heavy atom. The molecule has 0 N–H and O–H groups in total. The molecule has 6 nitrogen and oxygen atoms in total. The van der Waals surface area contributed by atoms with Gasteiger partial charge in [-0.3, -0.25) is 14.4 Å². The number of esters is 3. The van der Waals surface area contributed by atoms with Crippen molar-refractivity contribution in [1.82, 2.24) is 0 Å². The second-order valence-corrected chi connectivity index (χ2v) is 21.3. The maximum atomic E-state index is 12.8. The largest absolute Gasteiger partial charge is 0.462 e. The lowest BCUT2D eigenvalue weighted by Gasteiger charge is -2.18. The van der Waals surface area contributed by atoms with Crippen LogP contribution in [0.1, 0.15) is 355 Å². The van der Waals surface area contributed by atoms with Crippen LogP contribution in [0, 0.1) is 0 Å². The van der Waals surface area contributed by atoms with Gasteiger partial charge in [-0.1, -0.05) is 303 Å². The molecule has 0 aromatic heterocycles. The van der Waals surface area contributed by atoms with Crippen molar-refractivity contribution in [3.63, 3.8) is 0 Å². The molecule has 0 aromatic carbocycles. The number of hydrogen-bond donors (Lipinski definition) is 0. The predicted molar refractivity (Wildman–Crippen MR) is 298 cm³/mol. The highest BCUT2D eigenvalue weighted by Gasteiger charge is 2.19. The van der Waals surface area contributed by atoms with Crippen molar-refractivity contribution >= 4 is 17.9 Å². The van der Waals surface area contributed by atoms with E-state index >= 15 is 0 Å².